The van der Waals surface area contributed by atoms with Gasteiger partial charge in [0.25, 0.3) is 5.91 Å². The standard InChI is InChI=1S/C21H15ClN4O2/c1-13-10-23-7-6-15(13)21(27)26-20-12-24-18(11-25-20)16-9-14(4-5-17(16)22)19-3-2-8-28-19/h2-12H,1H3,(H,25,26,27). The third-order valence-corrected chi connectivity index (χ3v) is 4.54. The Balaban J connectivity index is 1.58. The Morgan fingerprint density at radius 3 is 2.71 bits per heavy atom. The van der Waals surface area contributed by atoms with Gasteiger partial charge in [0, 0.05) is 29.1 Å². The number of pyridine rings is 1. The van der Waals surface area contributed by atoms with Gasteiger partial charge in [-0.15, -0.1) is 0 Å². The van der Waals surface area contributed by atoms with Crippen molar-refractivity contribution in [3.8, 4) is 22.6 Å². The van der Waals surface area contributed by atoms with Gasteiger partial charge in [0.15, 0.2) is 5.82 Å². The molecule has 0 atom stereocenters. The fourth-order valence-electron chi connectivity index (χ4n) is 2.76. The van der Waals surface area contributed by atoms with Gasteiger partial charge in [0.2, 0.25) is 0 Å². The highest BCUT2D eigenvalue weighted by atomic mass is 35.5. The molecule has 1 aromatic carbocycles. The van der Waals surface area contributed by atoms with Gasteiger partial charge in [-0.2, -0.15) is 0 Å². The van der Waals surface area contributed by atoms with E-state index in [1.165, 1.54) is 6.20 Å². The van der Waals surface area contributed by atoms with Gasteiger partial charge in [0.05, 0.1) is 29.4 Å². The Morgan fingerprint density at radius 1 is 1.11 bits per heavy atom. The number of furan rings is 1. The molecular formula is C21H15ClN4O2. The van der Waals surface area contributed by atoms with Crippen molar-refractivity contribution in [1.82, 2.24) is 15.0 Å². The quantitative estimate of drug-likeness (QED) is 0.529. The number of nitrogens with one attached hydrogen (secondary N) is 1. The summed E-state index contributed by atoms with van der Waals surface area (Å²) < 4.78 is 5.43. The minimum Gasteiger partial charge on any atom is -0.464 e. The zero-order valence-electron chi connectivity index (χ0n) is 14.9. The second-order valence-corrected chi connectivity index (χ2v) is 6.51. The first-order valence-electron chi connectivity index (χ1n) is 8.49. The number of hydrogen-bond donors (Lipinski definition) is 1. The summed E-state index contributed by atoms with van der Waals surface area (Å²) in [7, 11) is 0. The Labute approximate surface area is 166 Å². The summed E-state index contributed by atoms with van der Waals surface area (Å²) in [5, 5.41) is 3.29. The number of benzene rings is 1. The molecule has 6 nitrogen and oxygen atoms in total. The van der Waals surface area contributed by atoms with Crippen molar-refractivity contribution in [2.45, 2.75) is 6.92 Å². The normalized spacial score (nSPS) is 10.6. The van der Waals surface area contributed by atoms with Crippen molar-refractivity contribution in [2.75, 3.05) is 5.32 Å². The van der Waals surface area contributed by atoms with Crippen molar-refractivity contribution in [1.29, 1.82) is 0 Å². The van der Waals surface area contributed by atoms with Crippen LogP contribution in [0.5, 0.6) is 0 Å². The largest absolute Gasteiger partial charge is 0.464 e. The first-order valence-corrected chi connectivity index (χ1v) is 8.87. The topological polar surface area (TPSA) is 80.9 Å². The van der Waals surface area contributed by atoms with Gasteiger partial charge in [-0.25, -0.2) is 4.98 Å². The van der Waals surface area contributed by atoms with Crippen molar-refractivity contribution in [3.63, 3.8) is 0 Å². The van der Waals surface area contributed by atoms with E-state index in [0.717, 1.165) is 22.5 Å². The van der Waals surface area contributed by atoms with Crippen molar-refractivity contribution in [2.24, 2.45) is 0 Å². The number of rotatable bonds is 4. The number of hydrogen-bond acceptors (Lipinski definition) is 5. The van der Waals surface area contributed by atoms with E-state index < -0.39 is 0 Å². The van der Waals surface area contributed by atoms with E-state index in [2.05, 4.69) is 20.3 Å². The predicted molar refractivity (Wildman–Crippen MR) is 107 cm³/mol. The molecule has 28 heavy (non-hydrogen) atoms. The van der Waals surface area contributed by atoms with Gasteiger partial charge in [-0.1, -0.05) is 11.6 Å². The highest BCUT2D eigenvalue weighted by Crippen LogP contribution is 2.31. The maximum atomic E-state index is 12.4. The van der Waals surface area contributed by atoms with Crippen LogP contribution in [0.25, 0.3) is 22.6 Å². The molecular weight excluding hydrogens is 376 g/mol. The molecule has 0 aliphatic rings. The van der Waals surface area contributed by atoms with Gasteiger partial charge < -0.3 is 9.73 Å². The summed E-state index contributed by atoms with van der Waals surface area (Å²) in [6, 6.07) is 10.9. The fourth-order valence-corrected chi connectivity index (χ4v) is 2.98. The molecule has 1 N–H and O–H groups in total. The summed E-state index contributed by atoms with van der Waals surface area (Å²) in [6.45, 7) is 1.82. The molecule has 0 unspecified atom stereocenters. The van der Waals surface area contributed by atoms with Gasteiger partial charge >= 0.3 is 0 Å². The Kier molecular flexibility index (Phi) is 4.87. The molecule has 138 valence electrons. The third kappa shape index (κ3) is 3.63. The van der Waals surface area contributed by atoms with Gasteiger partial charge in [0.1, 0.15) is 5.76 Å². The highest BCUT2D eigenvalue weighted by Gasteiger charge is 2.12. The molecule has 0 radical (unpaired) electrons. The molecule has 0 spiro atoms. The van der Waals surface area contributed by atoms with Crippen LogP contribution in [0.3, 0.4) is 0 Å². The number of halogens is 1. The van der Waals surface area contributed by atoms with Crippen LogP contribution in [-0.2, 0) is 0 Å². The number of carbonyl (C=O) groups excluding carboxylic acids is 1. The third-order valence-electron chi connectivity index (χ3n) is 4.21. The summed E-state index contributed by atoms with van der Waals surface area (Å²) in [4.78, 5) is 25.1. The number of nitrogens with zero attached hydrogens (tertiary/aromatic N) is 3. The van der Waals surface area contributed by atoms with E-state index in [9.17, 15) is 4.79 Å². The van der Waals surface area contributed by atoms with Crippen LogP contribution in [-0.4, -0.2) is 20.9 Å². The SMILES string of the molecule is Cc1cnccc1C(=O)Nc1cnc(-c2cc(-c3ccco3)ccc2Cl)cn1. The monoisotopic (exact) mass is 390 g/mol. The predicted octanol–water partition coefficient (Wildman–Crippen LogP) is 5.01. The lowest BCUT2D eigenvalue weighted by Gasteiger charge is -2.08. The first-order chi connectivity index (χ1) is 13.6. The minimum atomic E-state index is -0.264. The molecule has 1 amide bonds. The summed E-state index contributed by atoms with van der Waals surface area (Å²) >= 11 is 6.34. The Hall–Kier alpha value is -3.51. The zero-order valence-corrected chi connectivity index (χ0v) is 15.6. The molecule has 0 saturated carbocycles. The maximum absolute atomic E-state index is 12.4. The lowest BCUT2D eigenvalue weighted by molar-refractivity contribution is 0.102. The van der Waals surface area contributed by atoms with Crippen LogP contribution in [0.1, 0.15) is 15.9 Å². The lowest BCUT2D eigenvalue weighted by atomic mass is 10.1. The smallest absolute Gasteiger partial charge is 0.257 e. The van der Waals surface area contributed by atoms with Crippen LogP contribution in [0.15, 0.2) is 71.9 Å². The first kappa shape index (κ1) is 17.9. The summed E-state index contributed by atoms with van der Waals surface area (Å²) in [5.41, 5.74) is 3.53. The number of anilines is 1. The molecule has 0 fully saturated rings. The molecule has 4 aromatic rings. The highest BCUT2D eigenvalue weighted by molar-refractivity contribution is 6.33. The van der Waals surface area contributed by atoms with Crippen molar-refractivity contribution >= 4 is 23.3 Å². The number of amides is 1. The number of carbonyl (C=O) groups is 1. The van der Waals surface area contributed by atoms with Crippen LogP contribution in [0, 0.1) is 6.92 Å². The maximum Gasteiger partial charge on any atom is 0.257 e. The van der Waals surface area contributed by atoms with Crippen molar-refractivity contribution < 1.29 is 9.21 Å². The molecule has 0 aliphatic carbocycles. The Morgan fingerprint density at radius 2 is 2.00 bits per heavy atom. The number of aromatic nitrogens is 3. The molecule has 4 rings (SSSR count). The minimum absolute atomic E-state index is 0.264. The molecule has 0 aliphatic heterocycles. The van der Waals surface area contributed by atoms with E-state index in [0.29, 0.717) is 22.1 Å². The van der Waals surface area contributed by atoms with E-state index in [1.54, 1.807) is 37.0 Å². The summed E-state index contributed by atoms with van der Waals surface area (Å²) in [5.74, 6) is 0.825. The van der Waals surface area contributed by atoms with Gasteiger partial charge in [-0.3, -0.25) is 14.8 Å². The molecule has 0 saturated heterocycles. The fraction of sp³-hybridized carbons (Fsp3) is 0.0476. The molecule has 0 bridgehead atoms. The molecule has 7 heteroatoms. The average molecular weight is 391 g/mol. The second-order valence-electron chi connectivity index (χ2n) is 6.10. The van der Waals surface area contributed by atoms with E-state index in [1.807, 2.05) is 31.2 Å². The van der Waals surface area contributed by atoms with Crippen LogP contribution < -0.4 is 5.32 Å². The van der Waals surface area contributed by atoms with Gasteiger partial charge in [-0.05, 0) is 48.9 Å². The molecule has 3 heterocycles. The Bertz CT molecular complexity index is 1130. The second kappa shape index (κ2) is 7.62. The van der Waals surface area contributed by atoms with E-state index in [-0.39, 0.29) is 5.91 Å². The summed E-state index contributed by atoms with van der Waals surface area (Å²) in [6.07, 6.45) is 7.90. The zero-order chi connectivity index (χ0) is 19.5. The average Bonchev–Trinajstić information content (AvgIpc) is 3.24. The van der Waals surface area contributed by atoms with Crippen molar-refractivity contribution in [3.05, 3.63) is 83.6 Å². The lowest BCUT2D eigenvalue weighted by Crippen LogP contribution is -2.14. The molecule has 3 aromatic heterocycles. The van der Waals surface area contributed by atoms with Crippen LogP contribution in [0.2, 0.25) is 5.02 Å². The number of aryl methyl sites for hydroxylation is 1. The van der Waals surface area contributed by atoms with E-state index in [4.69, 9.17) is 16.0 Å². The van der Waals surface area contributed by atoms with Crippen LogP contribution in [0.4, 0.5) is 5.82 Å². The van der Waals surface area contributed by atoms with Crippen LogP contribution >= 0.6 is 11.6 Å². The van der Waals surface area contributed by atoms with E-state index >= 15 is 0 Å².